The maximum Gasteiger partial charge on any atom is 0.328 e. The molecule has 1 aromatic rings. The van der Waals surface area contributed by atoms with Crippen molar-refractivity contribution in [2.75, 3.05) is 20.2 Å². The quantitative estimate of drug-likeness (QED) is 0.806. The third-order valence-corrected chi connectivity index (χ3v) is 5.46. The Morgan fingerprint density at radius 2 is 1.96 bits per heavy atom. The molecule has 1 aliphatic rings. The molecule has 132 valence electrons. The van der Waals surface area contributed by atoms with E-state index in [9.17, 15) is 13.2 Å². The van der Waals surface area contributed by atoms with Crippen LogP contribution in [0.15, 0.2) is 29.2 Å². The molecule has 0 unspecified atom stereocenters. The van der Waals surface area contributed by atoms with Crippen molar-refractivity contribution in [2.24, 2.45) is 0 Å². The standard InChI is InChI=1S/C16H21NO6S/c1-11-9-17(10-12(2)23-11)24(20,21)15-8-13(5-7-16(18)19)4-6-14(15)22-3/h4-8,11-12H,9-10H2,1-3H3,(H,18,19)/b7-5+/t11-,12-/m0/s1. The van der Waals surface area contributed by atoms with Gasteiger partial charge in [-0.3, -0.25) is 0 Å². The molecule has 1 saturated heterocycles. The van der Waals surface area contributed by atoms with Gasteiger partial charge in [-0.05, 0) is 37.6 Å². The molecule has 1 fully saturated rings. The smallest absolute Gasteiger partial charge is 0.328 e. The molecular formula is C16H21NO6S. The van der Waals surface area contributed by atoms with Gasteiger partial charge in [0, 0.05) is 19.2 Å². The SMILES string of the molecule is COc1ccc(/C=C/C(=O)O)cc1S(=O)(=O)N1C[C@H](C)O[C@@H](C)C1. The van der Waals surface area contributed by atoms with Gasteiger partial charge in [-0.25, -0.2) is 13.2 Å². The van der Waals surface area contributed by atoms with Crippen molar-refractivity contribution in [3.63, 3.8) is 0 Å². The number of hydrogen-bond acceptors (Lipinski definition) is 5. The Balaban J connectivity index is 2.44. The third-order valence-electron chi connectivity index (χ3n) is 3.61. The predicted octanol–water partition coefficient (Wildman–Crippen LogP) is 1.59. The number of morpholine rings is 1. The van der Waals surface area contributed by atoms with Crippen LogP contribution in [0.4, 0.5) is 0 Å². The summed E-state index contributed by atoms with van der Waals surface area (Å²) in [7, 11) is -2.39. The molecule has 0 aliphatic carbocycles. The molecule has 0 bridgehead atoms. The van der Waals surface area contributed by atoms with Crippen LogP contribution in [0.25, 0.3) is 6.08 Å². The lowest BCUT2D eigenvalue weighted by Gasteiger charge is -2.34. The van der Waals surface area contributed by atoms with Crippen LogP contribution in [0.2, 0.25) is 0 Å². The summed E-state index contributed by atoms with van der Waals surface area (Å²) >= 11 is 0. The molecule has 1 aliphatic heterocycles. The molecule has 2 rings (SSSR count). The number of rotatable bonds is 5. The normalized spacial score (nSPS) is 22.6. The van der Waals surface area contributed by atoms with Crippen LogP contribution in [0.5, 0.6) is 5.75 Å². The molecule has 8 heteroatoms. The van der Waals surface area contributed by atoms with E-state index in [-0.39, 0.29) is 35.9 Å². The lowest BCUT2D eigenvalue weighted by Crippen LogP contribution is -2.48. The molecule has 0 aromatic heterocycles. The minimum Gasteiger partial charge on any atom is -0.495 e. The number of aliphatic carboxylic acids is 1. The summed E-state index contributed by atoms with van der Waals surface area (Å²) in [5.74, 6) is -0.889. The van der Waals surface area contributed by atoms with E-state index in [0.29, 0.717) is 5.56 Å². The van der Waals surface area contributed by atoms with Crippen molar-refractivity contribution >= 4 is 22.1 Å². The Labute approximate surface area is 141 Å². The Hall–Kier alpha value is -1.90. The van der Waals surface area contributed by atoms with E-state index in [1.54, 1.807) is 6.07 Å². The van der Waals surface area contributed by atoms with Gasteiger partial charge in [0.2, 0.25) is 10.0 Å². The lowest BCUT2D eigenvalue weighted by molar-refractivity contribution is -0.131. The molecule has 0 radical (unpaired) electrons. The second kappa shape index (κ2) is 7.33. The highest BCUT2D eigenvalue weighted by Gasteiger charge is 2.34. The summed E-state index contributed by atoms with van der Waals surface area (Å²) in [6.45, 7) is 4.15. The van der Waals surface area contributed by atoms with E-state index in [4.69, 9.17) is 14.6 Å². The number of carboxylic acids is 1. The van der Waals surface area contributed by atoms with Crippen LogP contribution in [0.1, 0.15) is 19.4 Å². The van der Waals surface area contributed by atoms with Crippen LogP contribution >= 0.6 is 0 Å². The molecule has 0 spiro atoms. The summed E-state index contributed by atoms with van der Waals surface area (Å²) < 4.78 is 38.1. The van der Waals surface area contributed by atoms with Gasteiger partial charge in [0.25, 0.3) is 0 Å². The van der Waals surface area contributed by atoms with Crippen molar-refractivity contribution in [1.29, 1.82) is 0 Å². The minimum atomic E-state index is -3.78. The van der Waals surface area contributed by atoms with Crippen LogP contribution in [-0.2, 0) is 19.6 Å². The summed E-state index contributed by atoms with van der Waals surface area (Å²) in [4.78, 5) is 10.7. The monoisotopic (exact) mass is 355 g/mol. The molecule has 1 N–H and O–H groups in total. The number of hydrogen-bond donors (Lipinski definition) is 1. The number of ether oxygens (including phenoxy) is 2. The van der Waals surface area contributed by atoms with Crippen molar-refractivity contribution in [2.45, 2.75) is 31.0 Å². The number of carbonyl (C=O) groups is 1. The van der Waals surface area contributed by atoms with Gasteiger partial charge in [-0.2, -0.15) is 4.31 Å². The number of carboxylic acid groups (broad SMARTS) is 1. The highest BCUT2D eigenvalue weighted by Crippen LogP contribution is 2.30. The van der Waals surface area contributed by atoms with E-state index < -0.39 is 16.0 Å². The van der Waals surface area contributed by atoms with Crippen molar-refractivity contribution in [3.05, 3.63) is 29.8 Å². The molecule has 2 atom stereocenters. The maximum atomic E-state index is 13.0. The zero-order valence-electron chi connectivity index (χ0n) is 13.8. The first kappa shape index (κ1) is 18.4. The Morgan fingerprint density at radius 1 is 1.33 bits per heavy atom. The number of sulfonamides is 1. The van der Waals surface area contributed by atoms with Crippen molar-refractivity contribution in [1.82, 2.24) is 4.31 Å². The molecule has 24 heavy (non-hydrogen) atoms. The number of benzene rings is 1. The van der Waals surface area contributed by atoms with Gasteiger partial charge in [-0.1, -0.05) is 6.07 Å². The van der Waals surface area contributed by atoms with Crippen LogP contribution in [0, 0.1) is 0 Å². The van der Waals surface area contributed by atoms with E-state index in [0.717, 1.165) is 6.08 Å². The fraction of sp³-hybridized carbons (Fsp3) is 0.438. The Bertz CT molecular complexity index is 733. The third kappa shape index (κ3) is 4.14. The first-order chi connectivity index (χ1) is 11.2. The minimum absolute atomic E-state index is 0.0128. The summed E-state index contributed by atoms with van der Waals surface area (Å²) in [5, 5.41) is 8.72. The first-order valence-electron chi connectivity index (χ1n) is 7.48. The van der Waals surface area contributed by atoms with Crippen LogP contribution < -0.4 is 4.74 Å². The first-order valence-corrected chi connectivity index (χ1v) is 8.92. The van der Waals surface area contributed by atoms with Crippen LogP contribution in [-0.4, -0.2) is 56.2 Å². The largest absolute Gasteiger partial charge is 0.495 e. The summed E-state index contributed by atoms with van der Waals surface area (Å²) in [6.07, 6.45) is 1.89. The van der Waals surface area contributed by atoms with Gasteiger partial charge in [0.05, 0.1) is 19.3 Å². The molecule has 0 saturated carbocycles. The second-order valence-corrected chi connectivity index (χ2v) is 7.57. The predicted molar refractivity (Wildman–Crippen MR) is 88.4 cm³/mol. The van der Waals surface area contributed by atoms with Gasteiger partial charge in [0.1, 0.15) is 10.6 Å². The van der Waals surface area contributed by atoms with Crippen molar-refractivity contribution in [3.8, 4) is 5.75 Å². The molecule has 1 heterocycles. The summed E-state index contributed by atoms with van der Waals surface area (Å²) in [5.41, 5.74) is 0.464. The molecule has 0 amide bonds. The summed E-state index contributed by atoms with van der Waals surface area (Å²) in [6, 6.07) is 4.53. The topological polar surface area (TPSA) is 93.1 Å². The van der Waals surface area contributed by atoms with Crippen molar-refractivity contribution < 1.29 is 27.8 Å². The molecule has 7 nitrogen and oxygen atoms in total. The maximum absolute atomic E-state index is 13.0. The van der Waals surface area contributed by atoms with E-state index >= 15 is 0 Å². The average Bonchev–Trinajstić information content (AvgIpc) is 2.51. The zero-order chi connectivity index (χ0) is 17.9. The molecular weight excluding hydrogens is 334 g/mol. The second-order valence-electron chi connectivity index (χ2n) is 5.66. The van der Waals surface area contributed by atoms with Crippen LogP contribution in [0.3, 0.4) is 0 Å². The van der Waals surface area contributed by atoms with E-state index in [2.05, 4.69) is 0 Å². The fourth-order valence-corrected chi connectivity index (χ4v) is 4.41. The highest BCUT2D eigenvalue weighted by atomic mass is 32.2. The van der Waals surface area contributed by atoms with Gasteiger partial charge < -0.3 is 14.6 Å². The van der Waals surface area contributed by atoms with E-state index in [1.807, 2.05) is 13.8 Å². The molecule has 1 aromatic carbocycles. The van der Waals surface area contributed by atoms with E-state index in [1.165, 1.54) is 29.6 Å². The Kier molecular flexibility index (Phi) is 5.63. The van der Waals surface area contributed by atoms with Gasteiger partial charge in [0.15, 0.2) is 0 Å². The lowest BCUT2D eigenvalue weighted by atomic mass is 10.2. The fourth-order valence-electron chi connectivity index (χ4n) is 2.63. The Morgan fingerprint density at radius 3 is 2.50 bits per heavy atom. The highest BCUT2D eigenvalue weighted by molar-refractivity contribution is 7.89. The average molecular weight is 355 g/mol. The number of methoxy groups -OCH3 is 1. The number of nitrogens with zero attached hydrogens (tertiary/aromatic N) is 1. The zero-order valence-corrected chi connectivity index (χ0v) is 14.6. The van der Waals surface area contributed by atoms with Gasteiger partial charge >= 0.3 is 5.97 Å². The van der Waals surface area contributed by atoms with Gasteiger partial charge in [-0.15, -0.1) is 0 Å².